The molecule has 0 fully saturated rings. The van der Waals surface area contributed by atoms with Gasteiger partial charge in [-0.15, -0.1) is 0 Å². The molecule has 9 heterocycles. The smallest absolute Gasteiger partial charge is 0.166 e. The maximum Gasteiger partial charge on any atom is 0.166 e. The van der Waals surface area contributed by atoms with Gasteiger partial charge in [0.15, 0.2) is 34.9 Å². The van der Waals surface area contributed by atoms with Gasteiger partial charge >= 0.3 is 0 Å². The number of fused-ring (bicyclic) bond motifs is 29. The number of hydrogen-bond acceptors (Lipinski definition) is 10. The van der Waals surface area contributed by atoms with Crippen molar-refractivity contribution in [3.63, 3.8) is 0 Å². The molecule has 0 aliphatic carbocycles. The average Bonchev–Trinajstić information content (AvgIpc) is 1.57. The van der Waals surface area contributed by atoms with Crippen LogP contribution in [0.1, 0.15) is 0 Å². The van der Waals surface area contributed by atoms with E-state index in [1.54, 1.807) is 0 Å². The van der Waals surface area contributed by atoms with E-state index in [-0.39, 0.29) is 0 Å². The number of benzene rings is 22. The lowest BCUT2D eigenvalue weighted by Gasteiger charge is -2.16. The second kappa shape index (κ2) is 28.8. The fraction of sp³-hybridized carbons (Fsp3) is 0. The number of aromatic nitrogens is 9. The Labute approximate surface area is 788 Å². The number of nitrogens with zero attached hydrogens (tertiary/aromatic N) is 9. The summed E-state index contributed by atoms with van der Waals surface area (Å²) in [6.45, 7) is 0. The Morgan fingerprint density at radius 1 is 0.151 bits per heavy atom. The molecule has 139 heavy (non-hydrogen) atoms. The van der Waals surface area contributed by atoms with Gasteiger partial charge in [0.05, 0.1) is 44.5 Å². The van der Waals surface area contributed by atoms with E-state index in [4.69, 9.17) is 47.6 Å². The molecular formula is C126H69N9O4. The zero-order chi connectivity index (χ0) is 90.5. The zero-order valence-electron chi connectivity index (χ0n) is 74.0. The second-order valence-electron chi connectivity index (χ2n) is 36.7. The van der Waals surface area contributed by atoms with Crippen molar-refractivity contribution in [1.82, 2.24) is 43.6 Å². The van der Waals surface area contributed by atoms with Crippen molar-refractivity contribution < 1.29 is 17.7 Å². The topological polar surface area (TPSA) is 145 Å². The van der Waals surface area contributed by atoms with Crippen LogP contribution in [0, 0.1) is 0 Å². The van der Waals surface area contributed by atoms with Crippen LogP contribution in [0.15, 0.2) is 436 Å². The molecule has 31 rings (SSSR count). The largest absolute Gasteiger partial charge is 0.456 e. The van der Waals surface area contributed by atoms with E-state index >= 15 is 0 Å². The van der Waals surface area contributed by atoms with Gasteiger partial charge in [0.2, 0.25) is 0 Å². The molecule has 0 saturated carbocycles. The first kappa shape index (κ1) is 75.5. The minimum Gasteiger partial charge on any atom is -0.456 e. The molecule has 0 spiro atoms. The lowest BCUT2D eigenvalue weighted by molar-refractivity contribution is 0.669. The molecule has 31 aromatic rings. The predicted molar refractivity (Wildman–Crippen MR) is 568 cm³/mol. The predicted octanol–water partition coefficient (Wildman–Crippen LogP) is 33.5. The molecular weight excluding hydrogens is 1700 g/mol. The number of rotatable bonds is 10. The van der Waals surface area contributed by atoms with Crippen LogP contribution in [-0.2, 0) is 0 Å². The summed E-state index contributed by atoms with van der Waals surface area (Å²) in [6, 6.07) is 149. The first-order valence-corrected chi connectivity index (χ1v) is 46.9. The van der Waals surface area contributed by atoms with Gasteiger partial charge in [-0.1, -0.05) is 255 Å². The third-order valence-electron chi connectivity index (χ3n) is 29.0. The van der Waals surface area contributed by atoms with Gasteiger partial charge in [0.25, 0.3) is 0 Å². The van der Waals surface area contributed by atoms with E-state index in [2.05, 4.69) is 408 Å². The Morgan fingerprint density at radius 2 is 0.518 bits per heavy atom. The maximum absolute atomic E-state index is 7.33. The summed E-state index contributed by atoms with van der Waals surface area (Å²) in [5, 5.41) is 27.4. The maximum atomic E-state index is 7.33. The molecule has 9 aromatic heterocycles. The molecule has 0 unspecified atom stereocenters. The second-order valence-corrected chi connectivity index (χ2v) is 36.7. The Morgan fingerprint density at radius 3 is 1.12 bits per heavy atom. The van der Waals surface area contributed by atoms with Gasteiger partial charge in [-0.2, -0.15) is 0 Å². The van der Waals surface area contributed by atoms with Crippen molar-refractivity contribution in [2.24, 2.45) is 0 Å². The lowest BCUT2D eigenvalue weighted by atomic mass is 9.95. The SMILES string of the molecule is c1ccc(-n2c3ccccc3c3cc(-c4nc(-c5ccc6ccccc6c5)nc(-c5cc6oc7c8ccccc8ccc7c6cc5-n5c6cc7ccccc7cc6c6cc7c(-c8cccc9c8oc8ccc(-c%10nc(-c%11ccc%12oc%13ccccc%13c%12c%11)nc(-c%11cc%12oc%13c%14ccccc%14ccc%13c%12cc%11-n%11c%12ccccc%12c%12cc%13ccccc%13cc%12%11)n%10)cc89)cccc7cc65)n4)ccc32)cc1. The minimum atomic E-state index is 0.465. The molecule has 0 N–H and O–H groups in total. The summed E-state index contributed by atoms with van der Waals surface area (Å²) in [5.74, 6) is 2.98. The van der Waals surface area contributed by atoms with Gasteiger partial charge in [-0.25, -0.2) is 29.9 Å². The Hall–Kier alpha value is -19.0. The molecule has 13 nitrogen and oxygen atoms in total. The Kier molecular flexibility index (Phi) is 15.6. The first-order chi connectivity index (χ1) is 68.8. The molecule has 0 saturated heterocycles. The van der Waals surface area contributed by atoms with Crippen molar-refractivity contribution in [1.29, 1.82) is 0 Å². The van der Waals surface area contributed by atoms with E-state index in [0.29, 0.717) is 51.7 Å². The molecule has 22 aromatic carbocycles. The third-order valence-corrected chi connectivity index (χ3v) is 29.0. The third kappa shape index (κ3) is 11.3. The van der Waals surface area contributed by atoms with Crippen LogP contribution >= 0.6 is 0 Å². The van der Waals surface area contributed by atoms with Crippen molar-refractivity contribution >= 4 is 218 Å². The van der Waals surface area contributed by atoms with Crippen molar-refractivity contribution in [2.45, 2.75) is 0 Å². The molecule has 0 bridgehead atoms. The highest BCUT2D eigenvalue weighted by Crippen LogP contribution is 2.50. The highest BCUT2D eigenvalue weighted by molar-refractivity contribution is 6.24. The van der Waals surface area contributed by atoms with Crippen LogP contribution in [0.25, 0.3) is 314 Å². The summed E-state index contributed by atoms with van der Waals surface area (Å²) < 4.78 is 35.4. The van der Waals surface area contributed by atoms with Crippen molar-refractivity contribution in [2.75, 3.05) is 0 Å². The molecule has 0 amide bonds. The molecule has 0 radical (unpaired) electrons. The van der Waals surface area contributed by atoms with E-state index in [9.17, 15) is 0 Å². The lowest BCUT2D eigenvalue weighted by Crippen LogP contribution is -2.04. The van der Waals surface area contributed by atoms with Crippen LogP contribution in [-0.4, -0.2) is 43.6 Å². The summed E-state index contributed by atoms with van der Waals surface area (Å²) in [7, 11) is 0. The van der Waals surface area contributed by atoms with Crippen LogP contribution in [0.5, 0.6) is 0 Å². The zero-order valence-corrected chi connectivity index (χ0v) is 74.0. The molecule has 0 atom stereocenters. The molecule has 642 valence electrons. The quantitative estimate of drug-likeness (QED) is 0.130. The fourth-order valence-electron chi connectivity index (χ4n) is 22.5. The molecule has 0 aliphatic heterocycles. The summed E-state index contributed by atoms with van der Waals surface area (Å²) in [4.78, 5) is 33.9. The van der Waals surface area contributed by atoms with E-state index in [1.165, 1.54) is 0 Å². The summed E-state index contributed by atoms with van der Waals surface area (Å²) >= 11 is 0. The summed E-state index contributed by atoms with van der Waals surface area (Å²) in [6.07, 6.45) is 0. The molecule has 0 aliphatic rings. The number of furan rings is 4. The van der Waals surface area contributed by atoms with Crippen LogP contribution in [0.2, 0.25) is 0 Å². The van der Waals surface area contributed by atoms with E-state index in [0.717, 1.165) is 263 Å². The number of para-hydroxylation sites is 5. The Bertz CT molecular complexity index is 10900. The Balaban J connectivity index is 0.605. The van der Waals surface area contributed by atoms with Crippen LogP contribution in [0.3, 0.4) is 0 Å². The number of hydrogen-bond donors (Lipinski definition) is 0. The van der Waals surface area contributed by atoms with Gasteiger partial charge < -0.3 is 31.4 Å². The highest BCUT2D eigenvalue weighted by Gasteiger charge is 2.30. The minimum absolute atomic E-state index is 0.465. The highest BCUT2D eigenvalue weighted by atomic mass is 16.3. The van der Waals surface area contributed by atoms with Crippen LogP contribution < -0.4 is 0 Å². The van der Waals surface area contributed by atoms with E-state index in [1.807, 2.05) is 24.3 Å². The van der Waals surface area contributed by atoms with Crippen molar-refractivity contribution in [3.05, 3.63) is 419 Å². The van der Waals surface area contributed by atoms with Gasteiger partial charge in [-0.05, 0) is 223 Å². The van der Waals surface area contributed by atoms with Gasteiger partial charge in [0, 0.05) is 131 Å². The average molecular weight is 1770 g/mol. The first-order valence-electron chi connectivity index (χ1n) is 46.9. The fourth-order valence-corrected chi connectivity index (χ4v) is 22.5. The van der Waals surface area contributed by atoms with Gasteiger partial charge in [0.1, 0.15) is 44.7 Å². The van der Waals surface area contributed by atoms with E-state index < -0.39 is 0 Å². The van der Waals surface area contributed by atoms with Crippen molar-refractivity contribution in [3.8, 4) is 96.5 Å². The van der Waals surface area contributed by atoms with Gasteiger partial charge in [-0.3, -0.25) is 0 Å². The standard InChI is InChI=1S/C126H69N9O4/c1-2-31-83(32-3-1)133-105-41-17-14-35-87(105)95-59-80(48-53-107(95)133)122-127-121(79-45-44-70-22-4-5-25-73(70)56-79)129-126(130-122)104-69-117-102(93-52-47-72-24-11-13-34-85(72)119(93)139-117)67-112(104)135-109-63-77-29-9-7-27-75(77)58-97(109)98-65-94-78(64-110(98)135)30-20-38-86(94)90-39-21-40-91-100-61-82(50-55-115(100)137-120(90)91)124-128-123(81-49-54-114-99(60-81)89-37-16-19-43-113(89)136-114)131-125(132-124)103-68-116-101(92-51-46-71-23-10-12-33-84(71)118(92)138-116)66-111(103)134-106-42-18-15-36-88(106)96-57-74-26-6-8-28-76(74)62-108(96)134/h1-69H. The van der Waals surface area contributed by atoms with Crippen LogP contribution in [0.4, 0.5) is 0 Å². The summed E-state index contributed by atoms with van der Waals surface area (Å²) in [5.41, 5.74) is 22.0. The molecule has 13 heteroatoms. The monoisotopic (exact) mass is 1770 g/mol. The normalized spacial score (nSPS) is 12.3.